The maximum absolute atomic E-state index is 11.7. The molecule has 0 unspecified atom stereocenters. The van der Waals surface area contributed by atoms with Crippen LogP contribution in [0.5, 0.6) is 5.75 Å². The molecular weight excluding hydrogens is 292 g/mol. The molecule has 0 aliphatic heterocycles. The first kappa shape index (κ1) is 19.0. The predicted molar refractivity (Wildman–Crippen MR) is 91.4 cm³/mol. The summed E-state index contributed by atoms with van der Waals surface area (Å²) >= 11 is 0. The SMILES string of the molecule is Cc1ccccc1OCCCC(=O)NCCNC(=O)C(C)(C)C. The smallest absolute Gasteiger partial charge is 0.225 e. The van der Waals surface area contributed by atoms with E-state index in [0.717, 1.165) is 11.3 Å². The van der Waals surface area contributed by atoms with Gasteiger partial charge >= 0.3 is 0 Å². The van der Waals surface area contributed by atoms with Crippen LogP contribution in [0.1, 0.15) is 39.2 Å². The van der Waals surface area contributed by atoms with Gasteiger partial charge in [-0.2, -0.15) is 0 Å². The summed E-state index contributed by atoms with van der Waals surface area (Å²) in [5.74, 6) is 0.819. The van der Waals surface area contributed by atoms with E-state index in [1.807, 2.05) is 52.0 Å². The molecule has 128 valence electrons. The zero-order valence-corrected chi connectivity index (χ0v) is 14.6. The third kappa shape index (κ3) is 7.68. The molecule has 0 saturated heterocycles. The zero-order valence-electron chi connectivity index (χ0n) is 14.6. The zero-order chi connectivity index (χ0) is 17.3. The molecule has 0 aromatic heterocycles. The van der Waals surface area contributed by atoms with Crippen LogP contribution in [-0.2, 0) is 9.59 Å². The second kappa shape index (κ2) is 9.18. The van der Waals surface area contributed by atoms with Gasteiger partial charge in [-0.05, 0) is 25.0 Å². The van der Waals surface area contributed by atoms with Crippen LogP contribution in [0, 0.1) is 12.3 Å². The van der Waals surface area contributed by atoms with Gasteiger partial charge in [-0.25, -0.2) is 0 Å². The van der Waals surface area contributed by atoms with Crippen molar-refractivity contribution in [1.29, 1.82) is 0 Å². The number of carbonyl (C=O) groups is 2. The van der Waals surface area contributed by atoms with E-state index in [2.05, 4.69) is 10.6 Å². The van der Waals surface area contributed by atoms with Gasteiger partial charge in [0, 0.05) is 24.9 Å². The van der Waals surface area contributed by atoms with Crippen LogP contribution in [-0.4, -0.2) is 31.5 Å². The number of carbonyl (C=O) groups excluding carboxylic acids is 2. The number of ether oxygens (including phenoxy) is 1. The highest BCUT2D eigenvalue weighted by atomic mass is 16.5. The van der Waals surface area contributed by atoms with Crippen molar-refractivity contribution in [3.63, 3.8) is 0 Å². The third-order valence-corrected chi connectivity index (χ3v) is 3.31. The Balaban J connectivity index is 2.09. The van der Waals surface area contributed by atoms with Crippen LogP contribution in [0.2, 0.25) is 0 Å². The number of aryl methyl sites for hydroxylation is 1. The Hall–Kier alpha value is -2.04. The minimum Gasteiger partial charge on any atom is -0.493 e. The number of rotatable bonds is 8. The highest BCUT2D eigenvalue weighted by Crippen LogP contribution is 2.16. The van der Waals surface area contributed by atoms with Gasteiger partial charge in [0.05, 0.1) is 6.61 Å². The van der Waals surface area contributed by atoms with Crippen LogP contribution < -0.4 is 15.4 Å². The molecule has 0 fully saturated rings. The summed E-state index contributed by atoms with van der Waals surface area (Å²) in [5, 5.41) is 5.58. The molecule has 1 aromatic carbocycles. The monoisotopic (exact) mass is 320 g/mol. The fraction of sp³-hybridized carbons (Fsp3) is 0.556. The minimum absolute atomic E-state index is 0.0154. The largest absolute Gasteiger partial charge is 0.493 e. The van der Waals surface area contributed by atoms with Gasteiger partial charge in [0.25, 0.3) is 0 Å². The first-order valence-electron chi connectivity index (χ1n) is 8.04. The van der Waals surface area contributed by atoms with Crippen LogP contribution in [0.15, 0.2) is 24.3 Å². The molecule has 0 spiro atoms. The van der Waals surface area contributed by atoms with Crippen molar-refractivity contribution in [2.45, 2.75) is 40.5 Å². The molecule has 0 saturated carbocycles. The van der Waals surface area contributed by atoms with Crippen LogP contribution in [0.25, 0.3) is 0 Å². The van der Waals surface area contributed by atoms with E-state index in [0.29, 0.717) is 32.5 Å². The molecule has 2 N–H and O–H groups in total. The van der Waals surface area contributed by atoms with Gasteiger partial charge < -0.3 is 15.4 Å². The lowest BCUT2D eigenvalue weighted by Gasteiger charge is -2.17. The number of hydrogen-bond donors (Lipinski definition) is 2. The second-order valence-corrected chi connectivity index (χ2v) is 6.57. The molecule has 23 heavy (non-hydrogen) atoms. The maximum Gasteiger partial charge on any atom is 0.225 e. The quantitative estimate of drug-likeness (QED) is 0.723. The molecule has 2 amide bonds. The normalized spacial score (nSPS) is 11.0. The van der Waals surface area contributed by atoms with E-state index >= 15 is 0 Å². The average molecular weight is 320 g/mol. The molecule has 1 aromatic rings. The Morgan fingerprint density at radius 3 is 2.39 bits per heavy atom. The molecule has 0 aliphatic rings. The van der Waals surface area contributed by atoms with Crippen molar-refractivity contribution in [1.82, 2.24) is 10.6 Å². The molecule has 0 bridgehead atoms. The summed E-state index contributed by atoms with van der Waals surface area (Å²) in [5.41, 5.74) is 0.684. The Labute approximate surface area is 138 Å². The number of para-hydroxylation sites is 1. The number of hydrogen-bond acceptors (Lipinski definition) is 3. The van der Waals surface area contributed by atoms with Gasteiger partial charge in [0.1, 0.15) is 5.75 Å². The molecule has 0 aliphatic carbocycles. The molecule has 0 atom stereocenters. The molecule has 0 heterocycles. The molecular formula is C18H28N2O3. The van der Waals surface area contributed by atoms with E-state index in [1.165, 1.54) is 0 Å². The van der Waals surface area contributed by atoms with E-state index in [4.69, 9.17) is 4.74 Å². The molecule has 0 radical (unpaired) electrons. The Kier molecular flexibility index (Phi) is 7.59. The number of nitrogens with one attached hydrogen (secondary N) is 2. The summed E-state index contributed by atoms with van der Waals surface area (Å²) in [7, 11) is 0. The highest BCUT2D eigenvalue weighted by molar-refractivity contribution is 5.81. The highest BCUT2D eigenvalue weighted by Gasteiger charge is 2.20. The van der Waals surface area contributed by atoms with Gasteiger partial charge in [0.15, 0.2) is 0 Å². The summed E-state index contributed by atoms with van der Waals surface area (Å²) in [4.78, 5) is 23.3. The van der Waals surface area contributed by atoms with Crippen molar-refractivity contribution >= 4 is 11.8 Å². The Morgan fingerprint density at radius 1 is 1.09 bits per heavy atom. The van der Waals surface area contributed by atoms with E-state index < -0.39 is 5.41 Å². The average Bonchev–Trinajstić information content (AvgIpc) is 2.48. The van der Waals surface area contributed by atoms with Crippen molar-refractivity contribution in [3.05, 3.63) is 29.8 Å². The van der Waals surface area contributed by atoms with Gasteiger partial charge in [-0.15, -0.1) is 0 Å². The van der Waals surface area contributed by atoms with Gasteiger partial charge in [-0.3, -0.25) is 9.59 Å². The van der Waals surface area contributed by atoms with E-state index in [9.17, 15) is 9.59 Å². The van der Waals surface area contributed by atoms with Crippen molar-refractivity contribution in [3.8, 4) is 5.75 Å². The van der Waals surface area contributed by atoms with Crippen molar-refractivity contribution in [2.75, 3.05) is 19.7 Å². The van der Waals surface area contributed by atoms with Crippen LogP contribution in [0.4, 0.5) is 0 Å². The Morgan fingerprint density at radius 2 is 1.74 bits per heavy atom. The summed E-state index contributed by atoms with van der Waals surface area (Å²) in [6.07, 6.45) is 1.08. The van der Waals surface area contributed by atoms with E-state index in [1.54, 1.807) is 0 Å². The summed E-state index contributed by atoms with van der Waals surface area (Å²) < 4.78 is 5.64. The third-order valence-electron chi connectivity index (χ3n) is 3.31. The van der Waals surface area contributed by atoms with Gasteiger partial charge in [0.2, 0.25) is 11.8 Å². The van der Waals surface area contributed by atoms with Crippen LogP contribution in [0.3, 0.4) is 0 Å². The fourth-order valence-electron chi connectivity index (χ4n) is 1.86. The van der Waals surface area contributed by atoms with Crippen molar-refractivity contribution in [2.24, 2.45) is 5.41 Å². The predicted octanol–water partition coefficient (Wildman–Crippen LogP) is 2.43. The first-order valence-corrected chi connectivity index (χ1v) is 8.04. The number of benzene rings is 1. The summed E-state index contributed by atoms with van der Waals surface area (Å²) in [6, 6.07) is 7.82. The Bertz CT molecular complexity index is 521. The lowest BCUT2D eigenvalue weighted by atomic mass is 9.96. The van der Waals surface area contributed by atoms with E-state index in [-0.39, 0.29) is 11.8 Å². The van der Waals surface area contributed by atoms with Crippen molar-refractivity contribution < 1.29 is 14.3 Å². The standard InChI is InChI=1S/C18H28N2O3/c1-14-8-5-6-9-15(14)23-13-7-10-16(21)19-11-12-20-17(22)18(2,3)4/h5-6,8-9H,7,10-13H2,1-4H3,(H,19,21)(H,20,22). The first-order chi connectivity index (χ1) is 10.8. The van der Waals surface area contributed by atoms with Crippen LogP contribution >= 0.6 is 0 Å². The lowest BCUT2D eigenvalue weighted by molar-refractivity contribution is -0.128. The molecule has 1 rings (SSSR count). The minimum atomic E-state index is -0.406. The number of amides is 2. The molecule has 5 heteroatoms. The lowest BCUT2D eigenvalue weighted by Crippen LogP contribution is -2.39. The summed E-state index contributed by atoms with van der Waals surface area (Å²) in [6.45, 7) is 8.97. The second-order valence-electron chi connectivity index (χ2n) is 6.57. The molecule has 5 nitrogen and oxygen atoms in total. The van der Waals surface area contributed by atoms with Gasteiger partial charge in [-0.1, -0.05) is 39.0 Å². The maximum atomic E-state index is 11.7. The fourth-order valence-corrected chi connectivity index (χ4v) is 1.86. The topological polar surface area (TPSA) is 67.4 Å².